The second-order valence-electron chi connectivity index (χ2n) is 5.68. The predicted octanol–water partition coefficient (Wildman–Crippen LogP) is 4.43. The molecule has 0 aliphatic carbocycles. The Bertz CT molecular complexity index is 1130. The van der Waals surface area contributed by atoms with Gasteiger partial charge in [-0.3, -0.25) is 14.4 Å². The topological polar surface area (TPSA) is 91.5 Å². The quantitative estimate of drug-likeness (QED) is 0.654. The fourth-order valence-electron chi connectivity index (χ4n) is 2.54. The molecule has 0 fully saturated rings. The molecule has 136 valence electrons. The van der Waals surface area contributed by atoms with Gasteiger partial charge in [0, 0.05) is 6.21 Å². The minimum absolute atomic E-state index is 0.0137. The third-order valence-electron chi connectivity index (χ3n) is 3.99. The van der Waals surface area contributed by atoms with Gasteiger partial charge in [0.15, 0.2) is 0 Å². The molecular weight excluding hydrogens is 389 g/mol. The molecule has 0 unspecified atom stereocenters. The van der Waals surface area contributed by atoms with Gasteiger partial charge < -0.3 is 9.52 Å². The lowest BCUT2D eigenvalue weighted by molar-refractivity contribution is 0.397. The molecule has 0 saturated carbocycles. The molecule has 0 spiro atoms. The largest absolute Gasteiger partial charge is 0.494 e. The third-order valence-corrected chi connectivity index (χ3v) is 4.73. The van der Waals surface area contributed by atoms with Crippen molar-refractivity contribution in [3.05, 3.63) is 79.4 Å². The van der Waals surface area contributed by atoms with Crippen LogP contribution in [0.2, 0.25) is 10.0 Å². The summed E-state index contributed by atoms with van der Waals surface area (Å²) in [6.45, 7) is 1.56. The van der Waals surface area contributed by atoms with Crippen LogP contribution >= 0.6 is 23.2 Å². The fraction of sp³-hybridized carbons (Fsp3) is 0.105. The highest BCUT2D eigenvalue weighted by molar-refractivity contribution is 6.42. The summed E-state index contributed by atoms with van der Waals surface area (Å²) in [5.74, 6) is 0.157. The van der Waals surface area contributed by atoms with Gasteiger partial charge in [-0.25, -0.2) is 0 Å². The van der Waals surface area contributed by atoms with Crippen molar-refractivity contribution in [1.29, 1.82) is 5.26 Å². The van der Waals surface area contributed by atoms with Gasteiger partial charge in [0.1, 0.15) is 17.4 Å². The summed E-state index contributed by atoms with van der Waals surface area (Å²) in [4.78, 5) is 16.8. The van der Waals surface area contributed by atoms with Crippen LogP contribution < -0.4 is 5.56 Å². The summed E-state index contributed by atoms with van der Waals surface area (Å²) >= 11 is 11.9. The predicted molar refractivity (Wildman–Crippen MR) is 103 cm³/mol. The minimum Gasteiger partial charge on any atom is -0.494 e. The Hall–Kier alpha value is -3.01. The molecule has 0 atom stereocenters. The van der Waals surface area contributed by atoms with E-state index in [4.69, 9.17) is 27.6 Å². The highest BCUT2D eigenvalue weighted by atomic mass is 35.5. The van der Waals surface area contributed by atoms with Crippen LogP contribution in [0.5, 0.6) is 5.88 Å². The Balaban J connectivity index is 2.11. The maximum absolute atomic E-state index is 12.5. The van der Waals surface area contributed by atoms with Crippen LogP contribution in [0.25, 0.3) is 0 Å². The molecule has 6 nitrogen and oxygen atoms in total. The Kier molecular flexibility index (Phi) is 5.36. The van der Waals surface area contributed by atoms with Gasteiger partial charge >= 0.3 is 0 Å². The number of benzene rings is 1. The first-order valence-electron chi connectivity index (χ1n) is 7.80. The van der Waals surface area contributed by atoms with Crippen LogP contribution in [0.15, 0.2) is 50.8 Å². The van der Waals surface area contributed by atoms with Crippen molar-refractivity contribution in [3.8, 4) is 11.9 Å². The first-order valence-corrected chi connectivity index (χ1v) is 8.56. The molecule has 2 heterocycles. The standard InChI is InChI=1S/C19H13Cl2N3O3/c1-11-14(8-22)18(25)24(10-13-3-2-6-27-13)19(26)15(11)9-23-12-4-5-16(20)17(21)7-12/h2-7,9,26H,10H2,1H3. The van der Waals surface area contributed by atoms with Gasteiger partial charge in [0.05, 0.1) is 34.1 Å². The molecule has 1 aromatic carbocycles. The van der Waals surface area contributed by atoms with Crippen LogP contribution in [-0.4, -0.2) is 15.9 Å². The summed E-state index contributed by atoms with van der Waals surface area (Å²) in [5, 5.41) is 20.7. The van der Waals surface area contributed by atoms with Crippen molar-refractivity contribution in [2.24, 2.45) is 4.99 Å². The second kappa shape index (κ2) is 7.70. The number of nitrogens with zero attached hydrogens (tertiary/aromatic N) is 3. The molecule has 1 N–H and O–H groups in total. The van der Waals surface area contributed by atoms with Crippen LogP contribution in [0.3, 0.4) is 0 Å². The van der Waals surface area contributed by atoms with Gasteiger partial charge in [-0.15, -0.1) is 0 Å². The van der Waals surface area contributed by atoms with Crippen molar-refractivity contribution in [1.82, 2.24) is 4.57 Å². The lowest BCUT2D eigenvalue weighted by Gasteiger charge is -2.13. The van der Waals surface area contributed by atoms with Gasteiger partial charge in [0.2, 0.25) is 5.88 Å². The van der Waals surface area contributed by atoms with E-state index in [1.54, 1.807) is 37.3 Å². The van der Waals surface area contributed by atoms with Crippen LogP contribution in [-0.2, 0) is 6.54 Å². The van der Waals surface area contributed by atoms with E-state index < -0.39 is 5.56 Å². The Morgan fingerprint density at radius 2 is 2.11 bits per heavy atom. The zero-order chi connectivity index (χ0) is 19.6. The third kappa shape index (κ3) is 3.75. The number of halogens is 2. The van der Waals surface area contributed by atoms with E-state index in [9.17, 15) is 15.2 Å². The molecule has 2 aromatic heterocycles. The van der Waals surface area contributed by atoms with E-state index >= 15 is 0 Å². The summed E-state index contributed by atoms with van der Waals surface area (Å²) < 4.78 is 6.30. The SMILES string of the molecule is Cc1c(C=Nc2ccc(Cl)c(Cl)c2)c(O)n(Cc2ccco2)c(=O)c1C#N. The number of furan rings is 1. The molecule has 27 heavy (non-hydrogen) atoms. The zero-order valence-corrected chi connectivity index (χ0v) is 15.6. The Morgan fingerprint density at radius 1 is 1.33 bits per heavy atom. The lowest BCUT2D eigenvalue weighted by Crippen LogP contribution is -2.25. The van der Waals surface area contributed by atoms with Crippen LogP contribution in [0.4, 0.5) is 5.69 Å². The summed E-state index contributed by atoms with van der Waals surface area (Å²) in [6, 6.07) is 10.0. The van der Waals surface area contributed by atoms with Crippen LogP contribution in [0, 0.1) is 18.3 Å². The van der Waals surface area contributed by atoms with E-state index in [1.165, 1.54) is 12.5 Å². The number of aliphatic imine (C=N–C) groups is 1. The summed E-state index contributed by atoms with van der Waals surface area (Å²) in [5.41, 5.74) is 0.416. The Morgan fingerprint density at radius 3 is 2.74 bits per heavy atom. The molecule has 3 aromatic rings. The van der Waals surface area contributed by atoms with E-state index in [0.29, 0.717) is 27.1 Å². The summed E-state index contributed by atoms with van der Waals surface area (Å²) in [6.07, 6.45) is 2.84. The fourth-order valence-corrected chi connectivity index (χ4v) is 2.83. The smallest absolute Gasteiger partial charge is 0.271 e. The van der Waals surface area contributed by atoms with Crippen molar-refractivity contribution >= 4 is 35.1 Å². The van der Waals surface area contributed by atoms with E-state index in [2.05, 4.69) is 4.99 Å². The first kappa shape index (κ1) is 18.8. The molecule has 0 aliphatic heterocycles. The maximum atomic E-state index is 12.5. The molecule has 0 amide bonds. The van der Waals surface area contributed by atoms with Crippen molar-refractivity contribution in [3.63, 3.8) is 0 Å². The average Bonchev–Trinajstić information content (AvgIpc) is 3.15. The number of hydrogen-bond acceptors (Lipinski definition) is 5. The monoisotopic (exact) mass is 401 g/mol. The van der Waals surface area contributed by atoms with Crippen molar-refractivity contribution in [2.75, 3.05) is 0 Å². The first-order chi connectivity index (χ1) is 12.9. The molecule has 0 bridgehead atoms. The zero-order valence-electron chi connectivity index (χ0n) is 14.1. The van der Waals surface area contributed by atoms with Crippen LogP contribution in [0.1, 0.15) is 22.5 Å². The number of aromatic hydroxyl groups is 1. The average molecular weight is 402 g/mol. The molecule has 3 rings (SSSR count). The van der Waals surface area contributed by atoms with Crippen molar-refractivity contribution < 1.29 is 9.52 Å². The number of hydrogen-bond donors (Lipinski definition) is 1. The molecule has 0 aliphatic rings. The lowest BCUT2D eigenvalue weighted by atomic mass is 10.1. The molecule has 0 radical (unpaired) electrons. The number of pyridine rings is 1. The highest BCUT2D eigenvalue weighted by Gasteiger charge is 2.18. The molecular formula is C19H13Cl2N3O3. The van der Waals surface area contributed by atoms with E-state index in [1.807, 2.05) is 6.07 Å². The van der Waals surface area contributed by atoms with Gasteiger partial charge in [-0.05, 0) is 42.8 Å². The number of aromatic nitrogens is 1. The van der Waals surface area contributed by atoms with Gasteiger partial charge in [-0.2, -0.15) is 5.26 Å². The number of nitriles is 1. The maximum Gasteiger partial charge on any atom is 0.271 e. The Labute approximate surface area is 164 Å². The minimum atomic E-state index is -0.601. The van der Waals surface area contributed by atoms with E-state index in [-0.39, 0.29) is 23.6 Å². The van der Waals surface area contributed by atoms with Crippen molar-refractivity contribution in [2.45, 2.75) is 13.5 Å². The van der Waals surface area contributed by atoms with Gasteiger partial charge in [-0.1, -0.05) is 23.2 Å². The van der Waals surface area contributed by atoms with E-state index in [0.717, 1.165) is 4.57 Å². The second-order valence-corrected chi connectivity index (χ2v) is 6.49. The highest BCUT2D eigenvalue weighted by Crippen LogP contribution is 2.27. The molecule has 0 saturated heterocycles. The summed E-state index contributed by atoms with van der Waals surface area (Å²) in [7, 11) is 0. The normalized spacial score (nSPS) is 11.0. The number of rotatable bonds is 4. The van der Waals surface area contributed by atoms with Gasteiger partial charge in [0.25, 0.3) is 5.56 Å². The molecule has 8 heteroatoms.